The van der Waals surface area contributed by atoms with Crippen molar-refractivity contribution in [3.63, 3.8) is 0 Å². The van der Waals surface area contributed by atoms with Crippen LogP contribution in [0.3, 0.4) is 0 Å². The number of nitrogens with one attached hydrogen (secondary N) is 1. The molecule has 0 unspecified atom stereocenters. The number of ether oxygens (including phenoxy) is 1. The highest BCUT2D eigenvalue weighted by Gasteiger charge is 2.25. The van der Waals surface area contributed by atoms with Gasteiger partial charge in [0.15, 0.2) is 0 Å². The maximum Gasteiger partial charge on any atom is 0.416 e. The SMILES string of the molecule is CC(C)(C)C1=COC(=O)C1.CC(C)(C)c1c[nH]c(=O)o1. The van der Waals surface area contributed by atoms with Gasteiger partial charge in [0, 0.05) is 11.6 Å². The second kappa shape index (κ2) is 5.69. The van der Waals surface area contributed by atoms with Gasteiger partial charge in [0.25, 0.3) is 0 Å². The molecule has 0 radical (unpaired) electrons. The highest BCUT2D eigenvalue weighted by molar-refractivity contribution is 5.76. The maximum absolute atomic E-state index is 10.6. The molecule has 20 heavy (non-hydrogen) atoms. The first-order valence-electron chi connectivity index (χ1n) is 6.58. The lowest BCUT2D eigenvalue weighted by Crippen LogP contribution is -2.09. The van der Waals surface area contributed by atoms with Crippen molar-refractivity contribution in [1.82, 2.24) is 4.98 Å². The monoisotopic (exact) mass is 281 g/mol. The predicted molar refractivity (Wildman–Crippen MR) is 76.3 cm³/mol. The van der Waals surface area contributed by atoms with Crippen LogP contribution in [0, 0.1) is 5.41 Å². The summed E-state index contributed by atoms with van der Waals surface area (Å²) in [6, 6.07) is 0. The van der Waals surface area contributed by atoms with Crippen molar-refractivity contribution >= 4 is 5.97 Å². The highest BCUT2D eigenvalue weighted by atomic mass is 16.5. The topological polar surface area (TPSA) is 72.3 Å². The smallest absolute Gasteiger partial charge is 0.416 e. The number of rotatable bonds is 0. The Labute approximate surface area is 119 Å². The fraction of sp³-hybridized carbons (Fsp3) is 0.600. The molecule has 5 heteroatoms. The van der Waals surface area contributed by atoms with Crippen LogP contribution in [0.2, 0.25) is 0 Å². The largest absolute Gasteiger partial charge is 0.434 e. The minimum absolute atomic E-state index is 0.0756. The molecular formula is C15H23NO4. The van der Waals surface area contributed by atoms with E-state index in [1.54, 1.807) is 12.5 Å². The lowest BCUT2D eigenvalue weighted by atomic mass is 9.86. The zero-order chi connectivity index (χ0) is 15.6. The van der Waals surface area contributed by atoms with E-state index in [9.17, 15) is 9.59 Å². The number of H-pyrrole nitrogens is 1. The molecule has 0 atom stereocenters. The Balaban J connectivity index is 0.000000200. The van der Waals surface area contributed by atoms with E-state index in [2.05, 4.69) is 25.8 Å². The first kappa shape index (κ1) is 16.3. The maximum atomic E-state index is 10.6. The molecule has 2 rings (SSSR count). The average Bonchev–Trinajstić information content (AvgIpc) is 2.85. The van der Waals surface area contributed by atoms with Gasteiger partial charge in [-0.3, -0.25) is 9.78 Å². The molecule has 1 aliphatic rings. The Kier molecular flexibility index (Phi) is 4.63. The number of aromatic amines is 1. The molecule has 0 saturated heterocycles. The second-order valence-corrected chi connectivity index (χ2v) is 6.85. The molecule has 0 saturated carbocycles. The molecule has 1 N–H and O–H groups in total. The lowest BCUT2D eigenvalue weighted by molar-refractivity contribution is -0.135. The van der Waals surface area contributed by atoms with Crippen molar-refractivity contribution in [2.24, 2.45) is 5.41 Å². The van der Waals surface area contributed by atoms with Crippen LogP contribution < -0.4 is 5.76 Å². The first-order chi connectivity index (χ1) is 9.00. The quantitative estimate of drug-likeness (QED) is 0.741. The van der Waals surface area contributed by atoms with E-state index in [4.69, 9.17) is 9.15 Å². The Hall–Kier alpha value is -1.78. The lowest BCUT2D eigenvalue weighted by Gasteiger charge is -2.17. The summed E-state index contributed by atoms with van der Waals surface area (Å²) in [6.07, 6.45) is 3.63. The molecule has 5 nitrogen and oxygen atoms in total. The van der Waals surface area contributed by atoms with Crippen LogP contribution in [0.5, 0.6) is 0 Å². The second-order valence-electron chi connectivity index (χ2n) is 6.85. The van der Waals surface area contributed by atoms with Gasteiger partial charge in [0.2, 0.25) is 0 Å². The molecule has 0 fully saturated rings. The highest BCUT2D eigenvalue weighted by Crippen LogP contribution is 2.31. The van der Waals surface area contributed by atoms with E-state index in [1.807, 2.05) is 20.8 Å². The van der Waals surface area contributed by atoms with Crippen molar-refractivity contribution in [1.29, 1.82) is 0 Å². The molecule has 0 aliphatic carbocycles. The van der Waals surface area contributed by atoms with Crippen LogP contribution in [0.15, 0.2) is 27.2 Å². The van der Waals surface area contributed by atoms with Crippen molar-refractivity contribution in [2.45, 2.75) is 53.4 Å². The van der Waals surface area contributed by atoms with Gasteiger partial charge in [-0.1, -0.05) is 41.5 Å². The summed E-state index contributed by atoms with van der Waals surface area (Å²) in [5.41, 5.74) is 1.07. The third-order valence-corrected chi connectivity index (χ3v) is 2.89. The van der Waals surface area contributed by atoms with Gasteiger partial charge in [-0.2, -0.15) is 0 Å². The summed E-state index contributed by atoms with van der Waals surface area (Å²) in [4.78, 5) is 23.6. The summed E-state index contributed by atoms with van der Waals surface area (Å²) >= 11 is 0. The molecule has 112 valence electrons. The van der Waals surface area contributed by atoms with E-state index in [-0.39, 0.29) is 22.6 Å². The number of carbonyl (C=O) groups excluding carboxylic acids is 1. The fourth-order valence-electron chi connectivity index (χ4n) is 1.47. The van der Waals surface area contributed by atoms with E-state index in [1.165, 1.54) is 0 Å². The summed E-state index contributed by atoms with van der Waals surface area (Å²) in [7, 11) is 0. The third kappa shape index (κ3) is 4.72. The van der Waals surface area contributed by atoms with Crippen LogP contribution in [0.1, 0.15) is 53.7 Å². The molecular weight excluding hydrogens is 258 g/mol. The van der Waals surface area contributed by atoms with Gasteiger partial charge in [-0.25, -0.2) is 4.79 Å². The number of esters is 1. The molecule has 1 aromatic heterocycles. The summed E-state index contributed by atoms with van der Waals surface area (Å²) in [5, 5.41) is 0. The van der Waals surface area contributed by atoms with Gasteiger partial charge in [-0.05, 0) is 11.0 Å². The summed E-state index contributed by atoms with van der Waals surface area (Å²) in [5.74, 6) is 0.173. The normalized spacial score (nSPS) is 15.3. The van der Waals surface area contributed by atoms with E-state index >= 15 is 0 Å². The van der Waals surface area contributed by atoms with Gasteiger partial charge in [-0.15, -0.1) is 0 Å². The average molecular weight is 281 g/mol. The van der Waals surface area contributed by atoms with Gasteiger partial charge in [0.05, 0.1) is 12.7 Å². The molecule has 1 aromatic rings. The predicted octanol–water partition coefficient (Wildman–Crippen LogP) is 3.13. The Bertz CT molecular complexity index is 549. The molecule has 1 aliphatic heterocycles. The van der Waals surface area contributed by atoms with Crippen molar-refractivity contribution < 1.29 is 13.9 Å². The first-order valence-corrected chi connectivity index (χ1v) is 6.58. The number of cyclic esters (lactones) is 1. The van der Waals surface area contributed by atoms with Crippen molar-refractivity contribution in [2.75, 3.05) is 0 Å². The van der Waals surface area contributed by atoms with Crippen molar-refractivity contribution in [3.05, 3.63) is 34.3 Å². The Morgan fingerprint density at radius 3 is 1.85 bits per heavy atom. The molecule has 0 amide bonds. The van der Waals surface area contributed by atoms with Gasteiger partial charge < -0.3 is 9.15 Å². The number of hydrogen-bond acceptors (Lipinski definition) is 4. The number of carbonyl (C=O) groups is 1. The van der Waals surface area contributed by atoms with Gasteiger partial charge in [0.1, 0.15) is 5.76 Å². The fourth-order valence-corrected chi connectivity index (χ4v) is 1.47. The number of aromatic nitrogens is 1. The minimum Gasteiger partial charge on any atom is -0.434 e. The Morgan fingerprint density at radius 1 is 1.05 bits per heavy atom. The third-order valence-electron chi connectivity index (χ3n) is 2.89. The number of hydrogen-bond donors (Lipinski definition) is 1. The summed E-state index contributed by atoms with van der Waals surface area (Å²) < 4.78 is 9.53. The van der Waals surface area contributed by atoms with E-state index in [0.717, 1.165) is 5.57 Å². The zero-order valence-corrected chi connectivity index (χ0v) is 13.0. The van der Waals surface area contributed by atoms with Crippen molar-refractivity contribution in [3.8, 4) is 0 Å². The minimum atomic E-state index is -0.384. The zero-order valence-electron chi connectivity index (χ0n) is 13.0. The molecule has 0 spiro atoms. The standard InChI is InChI=1S/C8H12O2.C7H11NO2/c1-8(2,3)6-4-7(9)10-5-6;1-7(2,3)5-4-8-6(9)10-5/h5H,4H2,1-3H3;4H,1-3H3,(H,8,9). The van der Waals surface area contributed by atoms with E-state index < -0.39 is 0 Å². The summed E-state index contributed by atoms with van der Waals surface area (Å²) in [6.45, 7) is 12.2. The van der Waals surface area contributed by atoms with Crippen LogP contribution in [0.4, 0.5) is 0 Å². The van der Waals surface area contributed by atoms with Gasteiger partial charge >= 0.3 is 11.7 Å². The number of oxazole rings is 1. The van der Waals surface area contributed by atoms with Crippen LogP contribution in [-0.4, -0.2) is 11.0 Å². The van der Waals surface area contributed by atoms with E-state index in [0.29, 0.717) is 12.2 Å². The van der Waals surface area contributed by atoms with Crippen LogP contribution >= 0.6 is 0 Å². The molecule has 2 heterocycles. The van der Waals surface area contributed by atoms with Crippen LogP contribution in [0.25, 0.3) is 0 Å². The Morgan fingerprint density at radius 2 is 1.65 bits per heavy atom. The molecule has 0 aromatic carbocycles. The molecule has 0 bridgehead atoms. The van der Waals surface area contributed by atoms with Crippen LogP contribution in [-0.2, 0) is 14.9 Å².